The predicted molar refractivity (Wildman–Crippen MR) is 77.6 cm³/mol. The predicted octanol–water partition coefficient (Wildman–Crippen LogP) is 3.13. The quantitative estimate of drug-likeness (QED) is 0.907. The highest BCUT2D eigenvalue weighted by Gasteiger charge is 2.10. The number of benzene rings is 1. The monoisotopic (exact) mass is 265 g/mol. The molecule has 1 N–H and O–H groups in total. The zero-order valence-corrected chi connectivity index (χ0v) is 11.7. The molecule has 0 spiro atoms. The number of nitrogens with zero attached hydrogens (tertiary/aromatic N) is 2. The van der Waals surface area contributed by atoms with E-state index in [1.807, 2.05) is 39.0 Å². The van der Waals surface area contributed by atoms with Crippen LogP contribution in [0.4, 0.5) is 5.69 Å². The number of amides is 1. The van der Waals surface area contributed by atoms with Gasteiger partial charge in [-0.15, -0.1) is 0 Å². The van der Waals surface area contributed by atoms with E-state index in [0.29, 0.717) is 5.56 Å². The molecule has 100 valence electrons. The fourth-order valence-corrected chi connectivity index (χ4v) is 1.91. The number of nitrogens with one attached hydrogen (secondary N) is 1. The van der Waals surface area contributed by atoms with Crippen molar-refractivity contribution in [2.24, 2.45) is 0 Å². The summed E-state index contributed by atoms with van der Waals surface area (Å²) in [6, 6.07) is 9.01. The Bertz CT molecular complexity index is 714. The number of rotatable bonds is 2. The highest BCUT2D eigenvalue weighted by Crippen LogP contribution is 2.20. The average molecular weight is 265 g/mol. The molecule has 4 nitrogen and oxygen atoms in total. The minimum atomic E-state index is -0.312. The zero-order valence-electron chi connectivity index (χ0n) is 11.7. The minimum Gasteiger partial charge on any atom is -0.320 e. The molecule has 2 rings (SSSR count). The standard InChI is InChI=1S/C16H15N3O/c1-10-6-12(3)14(7-11(10)2)19-16(20)15-8-13(9-17)4-5-18-15/h4-8H,1-3H3,(H,19,20). The maximum Gasteiger partial charge on any atom is 0.274 e. The second-order valence-electron chi connectivity index (χ2n) is 4.75. The molecule has 20 heavy (non-hydrogen) atoms. The first kappa shape index (κ1) is 13.8. The van der Waals surface area contributed by atoms with E-state index in [9.17, 15) is 4.79 Å². The summed E-state index contributed by atoms with van der Waals surface area (Å²) in [6.45, 7) is 5.98. The first-order chi connectivity index (χ1) is 9.51. The molecular formula is C16H15N3O. The van der Waals surface area contributed by atoms with Crippen molar-refractivity contribution < 1.29 is 4.79 Å². The van der Waals surface area contributed by atoms with Crippen LogP contribution in [0.5, 0.6) is 0 Å². The molecule has 0 saturated heterocycles. The Hall–Kier alpha value is -2.67. The van der Waals surface area contributed by atoms with E-state index in [1.165, 1.54) is 17.8 Å². The lowest BCUT2D eigenvalue weighted by atomic mass is 10.0. The van der Waals surface area contributed by atoms with Crippen LogP contribution in [-0.4, -0.2) is 10.9 Å². The Balaban J connectivity index is 2.28. The van der Waals surface area contributed by atoms with Gasteiger partial charge in [-0.25, -0.2) is 0 Å². The summed E-state index contributed by atoms with van der Waals surface area (Å²) in [5.74, 6) is -0.312. The van der Waals surface area contributed by atoms with Crippen LogP contribution in [0.1, 0.15) is 32.7 Å². The van der Waals surface area contributed by atoms with Gasteiger partial charge in [0, 0.05) is 11.9 Å². The average Bonchev–Trinajstić information content (AvgIpc) is 2.44. The van der Waals surface area contributed by atoms with Crippen molar-refractivity contribution in [3.05, 3.63) is 58.4 Å². The Morgan fingerprint density at radius 1 is 1.15 bits per heavy atom. The molecule has 2 aromatic rings. The number of carbonyl (C=O) groups excluding carboxylic acids is 1. The SMILES string of the molecule is Cc1cc(C)c(NC(=O)c2cc(C#N)ccn2)cc1C. The molecule has 1 aromatic carbocycles. The van der Waals surface area contributed by atoms with Gasteiger partial charge in [-0.2, -0.15) is 5.26 Å². The van der Waals surface area contributed by atoms with Crippen molar-refractivity contribution in [1.82, 2.24) is 4.98 Å². The summed E-state index contributed by atoms with van der Waals surface area (Å²) in [4.78, 5) is 16.1. The molecule has 0 fully saturated rings. The second-order valence-corrected chi connectivity index (χ2v) is 4.75. The molecule has 0 aliphatic heterocycles. The van der Waals surface area contributed by atoms with Gasteiger partial charge in [0.2, 0.25) is 0 Å². The summed E-state index contributed by atoms with van der Waals surface area (Å²) >= 11 is 0. The number of aromatic nitrogens is 1. The van der Waals surface area contributed by atoms with Crippen molar-refractivity contribution in [3.8, 4) is 6.07 Å². The maximum atomic E-state index is 12.1. The highest BCUT2D eigenvalue weighted by atomic mass is 16.1. The van der Waals surface area contributed by atoms with Crippen molar-refractivity contribution >= 4 is 11.6 Å². The van der Waals surface area contributed by atoms with E-state index < -0.39 is 0 Å². The fourth-order valence-electron chi connectivity index (χ4n) is 1.91. The lowest BCUT2D eigenvalue weighted by Crippen LogP contribution is -2.14. The number of carbonyl (C=O) groups is 1. The number of hydrogen-bond acceptors (Lipinski definition) is 3. The largest absolute Gasteiger partial charge is 0.320 e. The summed E-state index contributed by atoms with van der Waals surface area (Å²) in [5, 5.41) is 11.7. The van der Waals surface area contributed by atoms with Crippen molar-refractivity contribution in [2.45, 2.75) is 20.8 Å². The van der Waals surface area contributed by atoms with Gasteiger partial charge in [0.05, 0.1) is 11.6 Å². The first-order valence-corrected chi connectivity index (χ1v) is 6.26. The Morgan fingerprint density at radius 3 is 2.55 bits per heavy atom. The van der Waals surface area contributed by atoms with Gasteiger partial charge < -0.3 is 5.32 Å². The Labute approximate surface area is 118 Å². The van der Waals surface area contributed by atoms with Crippen LogP contribution in [0.2, 0.25) is 0 Å². The molecule has 0 saturated carbocycles. The van der Waals surface area contributed by atoms with Gasteiger partial charge in [0.1, 0.15) is 5.69 Å². The van der Waals surface area contributed by atoms with Crippen LogP contribution >= 0.6 is 0 Å². The van der Waals surface area contributed by atoms with E-state index in [2.05, 4.69) is 10.3 Å². The zero-order chi connectivity index (χ0) is 14.7. The number of pyridine rings is 1. The smallest absolute Gasteiger partial charge is 0.274 e. The number of hydrogen-bond donors (Lipinski definition) is 1. The van der Waals surface area contributed by atoms with Gasteiger partial charge in [-0.1, -0.05) is 6.07 Å². The third kappa shape index (κ3) is 2.83. The third-order valence-corrected chi connectivity index (χ3v) is 3.21. The van der Waals surface area contributed by atoms with Crippen LogP contribution in [-0.2, 0) is 0 Å². The van der Waals surface area contributed by atoms with E-state index in [0.717, 1.165) is 16.8 Å². The second kappa shape index (κ2) is 5.54. The molecule has 1 amide bonds. The van der Waals surface area contributed by atoms with Gasteiger partial charge in [-0.3, -0.25) is 9.78 Å². The third-order valence-electron chi connectivity index (χ3n) is 3.21. The molecule has 0 aliphatic rings. The molecule has 0 atom stereocenters. The number of nitriles is 1. The highest BCUT2D eigenvalue weighted by molar-refractivity contribution is 6.03. The summed E-state index contributed by atoms with van der Waals surface area (Å²) in [6.07, 6.45) is 1.46. The summed E-state index contributed by atoms with van der Waals surface area (Å²) < 4.78 is 0. The first-order valence-electron chi connectivity index (χ1n) is 6.26. The van der Waals surface area contributed by atoms with Gasteiger partial charge in [-0.05, 0) is 55.7 Å². The molecule has 0 unspecified atom stereocenters. The van der Waals surface area contributed by atoms with E-state index in [-0.39, 0.29) is 11.6 Å². The normalized spacial score (nSPS) is 9.90. The number of aryl methyl sites for hydroxylation is 3. The molecular weight excluding hydrogens is 250 g/mol. The molecule has 0 radical (unpaired) electrons. The summed E-state index contributed by atoms with van der Waals surface area (Å²) in [5.41, 5.74) is 4.72. The fraction of sp³-hybridized carbons (Fsp3) is 0.188. The topological polar surface area (TPSA) is 65.8 Å². The molecule has 4 heteroatoms. The van der Waals surface area contributed by atoms with Crippen LogP contribution < -0.4 is 5.32 Å². The van der Waals surface area contributed by atoms with Gasteiger partial charge >= 0.3 is 0 Å². The van der Waals surface area contributed by atoms with E-state index in [4.69, 9.17) is 5.26 Å². The van der Waals surface area contributed by atoms with Gasteiger partial charge in [0.25, 0.3) is 5.91 Å². The Morgan fingerprint density at radius 2 is 1.85 bits per heavy atom. The van der Waals surface area contributed by atoms with Gasteiger partial charge in [0.15, 0.2) is 0 Å². The van der Waals surface area contributed by atoms with Crippen LogP contribution in [0.15, 0.2) is 30.5 Å². The minimum absolute atomic E-state index is 0.238. The maximum absolute atomic E-state index is 12.1. The van der Waals surface area contributed by atoms with Crippen LogP contribution in [0.3, 0.4) is 0 Å². The lowest BCUT2D eigenvalue weighted by molar-refractivity contribution is 0.102. The van der Waals surface area contributed by atoms with Crippen LogP contribution in [0.25, 0.3) is 0 Å². The molecule has 1 aromatic heterocycles. The summed E-state index contributed by atoms with van der Waals surface area (Å²) in [7, 11) is 0. The van der Waals surface area contributed by atoms with E-state index in [1.54, 1.807) is 6.07 Å². The Kier molecular flexibility index (Phi) is 3.81. The molecule has 0 bridgehead atoms. The molecule has 1 heterocycles. The number of anilines is 1. The van der Waals surface area contributed by atoms with Crippen LogP contribution in [0, 0.1) is 32.1 Å². The van der Waals surface area contributed by atoms with Crippen molar-refractivity contribution in [3.63, 3.8) is 0 Å². The van der Waals surface area contributed by atoms with Crippen molar-refractivity contribution in [2.75, 3.05) is 5.32 Å². The lowest BCUT2D eigenvalue weighted by Gasteiger charge is -2.11. The van der Waals surface area contributed by atoms with Crippen molar-refractivity contribution in [1.29, 1.82) is 5.26 Å². The van der Waals surface area contributed by atoms with E-state index >= 15 is 0 Å². The molecule has 0 aliphatic carbocycles.